The molecule has 1 saturated heterocycles. The number of nitrogens with zero attached hydrogens (tertiary/aromatic N) is 2. The summed E-state index contributed by atoms with van der Waals surface area (Å²) in [6, 6.07) is 9.40. The predicted octanol–water partition coefficient (Wildman–Crippen LogP) is 5.04. The molecule has 1 unspecified atom stereocenters. The predicted molar refractivity (Wildman–Crippen MR) is 135 cm³/mol. The van der Waals surface area contributed by atoms with Gasteiger partial charge in [-0.1, -0.05) is 17.9 Å². The molecule has 1 amide bonds. The van der Waals surface area contributed by atoms with E-state index in [0.717, 1.165) is 15.8 Å². The SMILES string of the molecule is COc1ccc2ncc(C)c(C(F)CCC3(C(=O)NO)CCN(CC#Cc4cccs4)CC3)c2c1. The lowest BCUT2D eigenvalue weighted by Crippen LogP contribution is -2.48. The van der Waals surface area contributed by atoms with Gasteiger partial charge in [0.1, 0.15) is 11.9 Å². The van der Waals surface area contributed by atoms with Crippen molar-refractivity contribution in [3.8, 4) is 17.6 Å². The third-order valence-electron chi connectivity index (χ3n) is 6.94. The number of alkyl halides is 1. The number of benzene rings is 1. The lowest BCUT2D eigenvalue weighted by atomic mass is 9.73. The van der Waals surface area contributed by atoms with E-state index < -0.39 is 17.5 Å². The van der Waals surface area contributed by atoms with E-state index in [0.29, 0.717) is 55.7 Å². The summed E-state index contributed by atoms with van der Waals surface area (Å²) in [6.07, 6.45) is 1.99. The Kier molecular flexibility index (Phi) is 8.01. The summed E-state index contributed by atoms with van der Waals surface area (Å²) < 4.78 is 21.1. The van der Waals surface area contributed by atoms with Crippen LogP contribution >= 0.6 is 11.3 Å². The topological polar surface area (TPSA) is 74.7 Å². The van der Waals surface area contributed by atoms with Gasteiger partial charge in [0.25, 0.3) is 0 Å². The summed E-state index contributed by atoms with van der Waals surface area (Å²) in [4.78, 5) is 20.4. The number of aromatic nitrogens is 1. The number of carbonyl (C=O) groups excluding carboxylic acids is 1. The Bertz CT molecular complexity index is 1230. The highest BCUT2D eigenvalue weighted by molar-refractivity contribution is 7.10. The number of halogens is 1. The van der Waals surface area contributed by atoms with E-state index in [9.17, 15) is 10.0 Å². The lowest BCUT2D eigenvalue weighted by Gasteiger charge is -2.40. The fraction of sp³-hybridized carbons (Fsp3) is 0.407. The van der Waals surface area contributed by atoms with Crippen LogP contribution in [0.15, 0.2) is 41.9 Å². The zero-order valence-corrected chi connectivity index (χ0v) is 20.8. The molecule has 0 aliphatic carbocycles. The smallest absolute Gasteiger partial charge is 0.249 e. The number of rotatable bonds is 7. The number of hydrogen-bond donors (Lipinski definition) is 2. The Morgan fingerprint density at radius 1 is 1.37 bits per heavy atom. The van der Waals surface area contributed by atoms with Gasteiger partial charge in [-0.2, -0.15) is 0 Å². The van der Waals surface area contributed by atoms with Gasteiger partial charge in [-0.05, 0) is 73.4 Å². The maximum Gasteiger partial charge on any atom is 0.249 e. The molecule has 0 saturated carbocycles. The maximum atomic E-state index is 15.7. The van der Waals surface area contributed by atoms with Gasteiger partial charge in [0.05, 0.1) is 29.5 Å². The second-order valence-electron chi connectivity index (χ2n) is 9.02. The number of nitrogens with one attached hydrogen (secondary N) is 1. The van der Waals surface area contributed by atoms with Crippen molar-refractivity contribution in [3.63, 3.8) is 0 Å². The van der Waals surface area contributed by atoms with Gasteiger partial charge in [0.15, 0.2) is 0 Å². The standard InChI is InChI=1S/C27H30FN3O3S/c1-19-18-29-24-8-7-20(34-2)17-22(24)25(19)23(28)9-10-27(26(32)30-33)11-14-31(15-12-27)13-3-5-21-6-4-16-35-21/h4,6-8,16-18,23,33H,9-15H2,1-2H3,(H,30,32). The second kappa shape index (κ2) is 11.2. The Labute approximate surface area is 209 Å². The molecule has 6 nitrogen and oxygen atoms in total. The Balaban J connectivity index is 1.46. The molecule has 1 fully saturated rings. The zero-order valence-electron chi connectivity index (χ0n) is 20.0. The summed E-state index contributed by atoms with van der Waals surface area (Å²) in [7, 11) is 1.58. The maximum absolute atomic E-state index is 15.7. The molecule has 3 aromatic rings. The van der Waals surface area contributed by atoms with Crippen LogP contribution in [-0.4, -0.2) is 47.7 Å². The molecule has 0 bridgehead atoms. The monoisotopic (exact) mass is 495 g/mol. The Morgan fingerprint density at radius 2 is 2.17 bits per heavy atom. The number of fused-ring (bicyclic) bond motifs is 1. The molecule has 0 radical (unpaired) electrons. The minimum atomic E-state index is -1.27. The minimum absolute atomic E-state index is 0.169. The fourth-order valence-corrected chi connectivity index (χ4v) is 5.41. The fourth-order valence-electron chi connectivity index (χ4n) is 4.82. The van der Waals surface area contributed by atoms with Gasteiger partial charge in [0, 0.05) is 24.7 Å². The summed E-state index contributed by atoms with van der Waals surface area (Å²) in [5.41, 5.74) is 3.07. The van der Waals surface area contributed by atoms with E-state index in [-0.39, 0.29) is 6.42 Å². The third kappa shape index (κ3) is 5.64. The third-order valence-corrected chi connectivity index (χ3v) is 7.72. The van der Waals surface area contributed by atoms with Crippen molar-refractivity contribution in [3.05, 3.63) is 57.9 Å². The molecule has 1 aliphatic heterocycles. The number of carbonyl (C=O) groups is 1. The quantitative estimate of drug-likeness (QED) is 0.273. The first-order valence-electron chi connectivity index (χ1n) is 11.7. The highest BCUT2D eigenvalue weighted by Crippen LogP contribution is 2.41. The van der Waals surface area contributed by atoms with Gasteiger partial charge < -0.3 is 4.74 Å². The first kappa shape index (κ1) is 25.1. The van der Waals surface area contributed by atoms with Gasteiger partial charge in [-0.3, -0.25) is 19.9 Å². The van der Waals surface area contributed by atoms with Crippen molar-refractivity contribution in [1.82, 2.24) is 15.4 Å². The highest BCUT2D eigenvalue weighted by atomic mass is 32.1. The van der Waals surface area contributed by atoms with Crippen LogP contribution < -0.4 is 10.2 Å². The summed E-state index contributed by atoms with van der Waals surface area (Å²) in [5, 5.41) is 12.2. The first-order chi connectivity index (χ1) is 17.0. The number of pyridine rings is 1. The average molecular weight is 496 g/mol. The molecule has 184 valence electrons. The number of piperidine rings is 1. The number of aryl methyl sites for hydroxylation is 1. The number of amides is 1. The van der Waals surface area contributed by atoms with E-state index in [4.69, 9.17) is 4.74 Å². The zero-order chi connectivity index (χ0) is 24.8. The van der Waals surface area contributed by atoms with Crippen molar-refractivity contribution in [2.75, 3.05) is 26.7 Å². The molecule has 35 heavy (non-hydrogen) atoms. The highest BCUT2D eigenvalue weighted by Gasteiger charge is 2.41. The van der Waals surface area contributed by atoms with Crippen LogP contribution in [-0.2, 0) is 4.79 Å². The second-order valence-corrected chi connectivity index (χ2v) is 9.97. The number of ether oxygens (including phenoxy) is 1. The molecule has 2 N–H and O–H groups in total. The minimum Gasteiger partial charge on any atom is -0.497 e. The molecular formula is C27H30FN3O3S. The van der Waals surface area contributed by atoms with E-state index in [1.807, 2.05) is 42.0 Å². The first-order valence-corrected chi connectivity index (χ1v) is 12.6. The van der Waals surface area contributed by atoms with Crippen molar-refractivity contribution >= 4 is 28.1 Å². The molecule has 1 atom stereocenters. The molecule has 0 spiro atoms. The van der Waals surface area contributed by atoms with Crippen LogP contribution in [0.3, 0.4) is 0 Å². The van der Waals surface area contributed by atoms with Crippen molar-refractivity contribution in [2.24, 2.45) is 5.41 Å². The number of thiophene rings is 1. The van der Waals surface area contributed by atoms with Crippen LogP contribution in [0.25, 0.3) is 10.9 Å². The van der Waals surface area contributed by atoms with Crippen molar-refractivity contribution in [1.29, 1.82) is 0 Å². The Morgan fingerprint density at radius 3 is 2.86 bits per heavy atom. The summed E-state index contributed by atoms with van der Waals surface area (Å²) >= 11 is 1.61. The molecule has 3 heterocycles. The van der Waals surface area contributed by atoms with Crippen LogP contribution in [0.4, 0.5) is 4.39 Å². The molecule has 2 aromatic heterocycles. The molecule has 1 aliphatic rings. The largest absolute Gasteiger partial charge is 0.497 e. The normalized spacial score (nSPS) is 16.3. The van der Waals surface area contributed by atoms with E-state index in [2.05, 4.69) is 21.7 Å². The van der Waals surface area contributed by atoms with E-state index in [1.54, 1.807) is 30.7 Å². The summed E-state index contributed by atoms with van der Waals surface area (Å²) in [5.74, 6) is 6.55. The molecular weight excluding hydrogens is 465 g/mol. The van der Waals surface area contributed by atoms with Gasteiger partial charge in [0.2, 0.25) is 5.91 Å². The van der Waals surface area contributed by atoms with Crippen LogP contribution in [0.2, 0.25) is 0 Å². The Hall–Kier alpha value is -2.99. The van der Waals surface area contributed by atoms with Crippen LogP contribution in [0, 0.1) is 24.2 Å². The van der Waals surface area contributed by atoms with E-state index >= 15 is 4.39 Å². The van der Waals surface area contributed by atoms with Crippen molar-refractivity contribution < 1.29 is 19.1 Å². The van der Waals surface area contributed by atoms with Crippen molar-refractivity contribution in [2.45, 2.75) is 38.8 Å². The average Bonchev–Trinajstić information content (AvgIpc) is 3.40. The van der Waals surface area contributed by atoms with Crippen LogP contribution in [0.1, 0.15) is 47.9 Å². The summed E-state index contributed by atoms with van der Waals surface area (Å²) in [6.45, 7) is 3.79. The number of hydrogen-bond acceptors (Lipinski definition) is 6. The van der Waals surface area contributed by atoms with Crippen LogP contribution in [0.5, 0.6) is 5.75 Å². The molecule has 1 aromatic carbocycles. The molecule has 8 heteroatoms. The van der Waals surface area contributed by atoms with Gasteiger partial charge >= 0.3 is 0 Å². The number of methoxy groups -OCH3 is 1. The van der Waals surface area contributed by atoms with Gasteiger partial charge in [-0.25, -0.2) is 9.87 Å². The van der Waals surface area contributed by atoms with E-state index in [1.165, 1.54) is 0 Å². The van der Waals surface area contributed by atoms with Gasteiger partial charge in [-0.15, -0.1) is 11.3 Å². The molecule has 4 rings (SSSR count). The number of likely N-dealkylation sites (tertiary alicyclic amines) is 1. The lowest BCUT2D eigenvalue weighted by molar-refractivity contribution is -0.143. The number of hydroxylamine groups is 1.